The molecule has 1 aromatic rings. The van der Waals surface area contributed by atoms with E-state index in [1.165, 1.54) is 12.1 Å². The van der Waals surface area contributed by atoms with Gasteiger partial charge in [-0.15, -0.1) is 0 Å². The normalized spacial score (nSPS) is 8.94. The van der Waals surface area contributed by atoms with Crippen molar-refractivity contribution >= 4 is 11.9 Å². The molecule has 1 rings (SSSR count). The van der Waals surface area contributed by atoms with Crippen LogP contribution in [0.4, 0.5) is 0 Å². The molecule has 97 valence electrons. The number of hydrogen-bond acceptors (Lipinski definition) is 4. The van der Waals surface area contributed by atoms with Gasteiger partial charge in [-0.05, 0) is 18.6 Å². The molecule has 0 spiro atoms. The molecule has 0 saturated carbocycles. The summed E-state index contributed by atoms with van der Waals surface area (Å²) in [6.07, 6.45) is 0.648. The summed E-state index contributed by atoms with van der Waals surface area (Å²) in [6.45, 7) is 5.24. The second-order valence-corrected chi connectivity index (χ2v) is 3.28. The number of nitrogens with two attached hydrogens (primary N) is 1. The first-order valence-electron chi connectivity index (χ1n) is 5.01. The van der Waals surface area contributed by atoms with Crippen LogP contribution in [0, 0.1) is 0 Å². The summed E-state index contributed by atoms with van der Waals surface area (Å²) < 4.78 is 0. The molecule has 0 saturated heterocycles. The maximum atomic E-state index is 10.2. The van der Waals surface area contributed by atoms with Gasteiger partial charge in [-0.25, -0.2) is 9.90 Å². The van der Waals surface area contributed by atoms with Crippen molar-refractivity contribution in [1.29, 1.82) is 0 Å². The van der Waals surface area contributed by atoms with Gasteiger partial charge in [0, 0.05) is 5.57 Å². The Bertz CT molecular complexity index is 468. The van der Waals surface area contributed by atoms with E-state index in [1.807, 2.05) is 6.92 Å². The van der Waals surface area contributed by atoms with E-state index in [0.29, 0.717) is 12.0 Å². The van der Waals surface area contributed by atoms with Crippen LogP contribution in [0.5, 0.6) is 11.5 Å². The molecule has 0 aliphatic carbocycles. The van der Waals surface area contributed by atoms with E-state index in [0.717, 1.165) is 6.07 Å². The number of aromatic hydroxyl groups is 2. The van der Waals surface area contributed by atoms with Gasteiger partial charge in [-0.2, -0.15) is 0 Å². The zero-order chi connectivity index (χ0) is 14.3. The minimum Gasteiger partial charge on any atom is -0.504 e. The Morgan fingerprint density at radius 1 is 1.33 bits per heavy atom. The van der Waals surface area contributed by atoms with Crippen LogP contribution in [-0.4, -0.2) is 22.1 Å². The fraction of sp³-hybridized carbons (Fsp3) is 0.167. The van der Waals surface area contributed by atoms with Crippen molar-refractivity contribution in [3.63, 3.8) is 0 Å². The molecular formula is C12H14NO5. The summed E-state index contributed by atoms with van der Waals surface area (Å²) in [7, 11) is 0. The molecule has 0 aliphatic heterocycles. The summed E-state index contributed by atoms with van der Waals surface area (Å²) in [6, 6.07) is 3.63. The number of amides is 1. The smallest absolute Gasteiger partial charge is 0.390 e. The highest BCUT2D eigenvalue weighted by Gasteiger charge is 2.13. The SMILES string of the molecule is C=C(CC)C(N)=O.[O]C(=O)c1cccc(O)c1O. The van der Waals surface area contributed by atoms with E-state index in [1.54, 1.807) is 0 Å². The van der Waals surface area contributed by atoms with Crippen LogP contribution >= 0.6 is 0 Å². The van der Waals surface area contributed by atoms with Crippen molar-refractivity contribution < 1.29 is 24.9 Å². The van der Waals surface area contributed by atoms with Gasteiger partial charge in [0.05, 0.1) is 0 Å². The second kappa shape index (κ2) is 6.95. The molecule has 0 aromatic heterocycles. The number of phenolic OH excluding ortho intramolecular Hbond substituents is 2. The summed E-state index contributed by atoms with van der Waals surface area (Å²) >= 11 is 0. The zero-order valence-electron chi connectivity index (χ0n) is 9.84. The van der Waals surface area contributed by atoms with Gasteiger partial charge in [-0.3, -0.25) is 4.79 Å². The summed E-state index contributed by atoms with van der Waals surface area (Å²) in [5.74, 6) is -3.04. The van der Waals surface area contributed by atoms with Gasteiger partial charge in [-0.1, -0.05) is 19.6 Å². The maximum Gasteiger partial charge on any atom is 0.390 e. The Balaban J connectivity index is 0.000000360. The van der Waals surface area contributed by atoms with Crippen LogP contribution in [0.3, 0.4) is 0 Å². The van der Waals surface area contributed by atoms with E-state index in [4.69, 9.17) is 15.9 Å². The lowest BCUT2D eigenvalue weighted by molar-refractivity contribution is -0.114. The number of rotatable bonds is 3. The molecule has 0 fully saturated rings. The van der Waals surface area contributed by atoms with Gasteiger partial charge >= 0.3 is 5.97 Å². The molecule has 0 atom stereocenters. The average molecular weight is 252 g/mol. The zero-order valence-corrected chi connectivity index (χ0v) is 9.84. The molecule has 6 heteroatoms. The lowest BCUT2D eigenvalue weighted by Gasteiger charge is -1.98. The molecular weight excluding hydrogens is 238 g/mol. The Labute approximate surface area is 104 Å². The van der Waals surface area contributed by atoms with E-state index in [2.05, 4.69) is 6.58 Å². The first kappa shape index (κ1) is 15.5. The topological polar surface area (TPSA) is 121 Å². The molecule has 1 amide bonds. The van der Waals surface area contributed by atoms with Crippen LogP contribution < -0.4 is 5.73 Å². The molecule has 1 aromatic carbocycles. The van der Waals surface area contributed by atoms with Gasteiger partial charge in [0.1, 0.15) is 5.56 Å². The van der Waals surface area contributed by atoms with Crippen LogP contribution in [0.1, 0.15) is 23.7 Å². The highest BCUT2D eigenvalue weighted by atomic mass is 16.4. The Morgan fingerprint density at radius 2 is 1.89 bits per heavy atom. The third-order valence-electron chi connectivity index (χ3n) is 2.01. The van der Waals surface area contributed by atoms with E-state index >= 15 is 0 Å². The number of phenols is 2. The van der Waals surface area contributed by atoms with Crippen LogP contribution in [-0.2, 0) is 9.90 Å². The largest absolute Gasteiger partial charge is 0.504 e. The number of carbonyl (C=O) groups is 2. The quantitative estimate of drug-likeness (QED) is 0.551. The molecule has 0 bridgehead atoms. The summed E-state index contributed by atoms with van der Waals surface area (Å²) in [5, 5.41) is 27.9. The predicted octanol–water partition coefficient (Wildman–Crippen LogP) is 1.11. The Morgan fingerprint density at radius 3 is 2.17 bits per heavy atom. The monoisotopic (exact) mass is 252 g/mol. The van der Waals surface area contributed by atoms with Crippen LogP contribution in [0.2, 0.25) is 0 Å². The van der Waals surface area contributed by atoms with Crippen molar-refractivity contribution in [2.45, 2.75) is 13.3 Å². The van der Waals surface area contributed by atoms with E-state index in [-0.39, 0.29) is 0 Å². The molecule has 18 heavy (non-hydrogen) atoms. The van der Waals surface area contributed by atoms with Gasteiger partial charge in [0.2, 0.25) is 5.91 Å². The first-order valence-corrected chi connectivity index (χ1v) is 5.01. The van der Waals surface area contributed by atoms with E-state index < -0.39 is 28.9 Å². The number of carbonyl (C=O) groups excluding carboxylic acids is 2. The van der Waals surface area contributed by atoms with Crippen molar-refractivity contribution in [3.05, 3.63) is 35.9 Å². The van der Waals surface area contributed by atoms with Crippen molar-refractivity contribution in [3.8, 4) is 11.5 Å². The molecule has 1 radical (unpaired) electrons. The fourth-order valence-electron chi connectivity index (χ4n) is 0.870. The molecule has 6 nitrogen and oxygen atoms in total. The standard InChI is InChI=1S/C7H5O4.C5H9NO/c8-5-3-1-2-4(6(5)9)7(10)11;1-3-4(2)5(6)7/h1-3,8-9H;2-3H2,1H3,(H2,6,7). The minimum absolute atomic E-state index is 0.400. The van der Waals surface area contributed by atoms with Gasteiger partial charge in [0.15, 0.2) is 11.5 Å². The molecule has 0 heterocycles. The van der Waals surface area contributed by atoms with Gasteiger partial charge < -0.3 is 15.9 Å². The van der Waals surface area contributed by atoms with Crippen LogP contribution in [0.25, 0.3) is 0 Å². The molecule has 0 aliphatic rings. The highest BCUT2D eigenvalue weighted by Crippen LogP contribution is 2.27. The fourth-order valence-corrected chi connectivity index (χ4v) is 0.870. The van der Waals surface area contributed by atoms with Crippen molar-refractivity contribution in [2.24, 2.45) is 5.73 Å². The lowest BCUT2D eigenvalue weighted by Crippen LogP contribution is -2.11. The second-order valence-electron chi connectivity index (χ2n) is 3.28. The third kappa shape index (κ3) is 4.56. The highest BCUT2D eigenvalue weighted by molar-refractivity contribution is 5.91. The Kier molecular flexibility index (Phi) is 5.98. The van der Waals surface area contributed by atoms with Crippen LogP contribution in [0.15, 0.2) is 30.4 Å². The summed E-state index contributed by atoms with van der Waals surface area (Å²) in [5.41, 5.74) is 4.88. The number of hydrogen-bond donors (Lipinski definition) is 3. The Hall–Kier alpha value is -2.50. The summed E-state index contributed by atoms with van der Waals surface area (Å²) in [4.78, 5) is 20.2. The van der Waals surface area contributed by atoms with E-state index in [9.17, 15) is 14.7 Å². The minimum atomic E-state index is -1.52. The van der Waals surface area contributed by atoms with Crippen molar-refractivity contribution in [1.82, 2.24) is 0 Å². The number of para-hydroxylation sites is 1. The molecule has 0 unspecified atom stereocenters. The number of primary amides is 1. The molecule has 4 N–H and O–H groups in total. The third-order valence-corrected chi connectivity index (χ3v) is 2.01. The maximum absolute atomic E-state index is 10.2. The average Bonchev–Trinajstić information content (AvgIpc) is 2.31. The lowest BCUT2D eigenvalue weighted by atomic mass is 10.2. The predicted molar refractivity (Wildman–Crippen MR) is 63.4 cm³/mol. The number of benzene rings is 1. The van der Waals surface area contributed by atoms with Gasteiger partial charge in [0.25, 0.3) is 0 Å². The van der Waals surface area contributed by atoms with Crippen molar-refractivity contribution in [2.75, 3.05) is 0 Å². The first-order chi connectivity index (χ1) is 8.31.